The zero-order valence-electron chi connectivity index (χ0n) is 15.3. The van der Waals surface area contributed by atoms with Crippen molar-refractivity contribution in [3.63, 3.8) is 0 Å². The number of hydrogen-bond donors (Lipinski definition) is 3. The molecule has 4 N–H and O–H groups in total. The van der Waals surface area contributed by atoms with Gasteiger partial charge in [-0.3, -0.25) is 10.5 Å². The lowest BCUT2D eigenvalue weighted by Crippen LogP contribution is -2.41. The van der Waals surface area contributed by atoms with Gasteiger partial charge in [0, 0.05) is 24.5 Å². The quantitative estimate of drug-likeness (QED) is 0.392. The molecule has 2 unspecified atom stereocenters. The molecule has 0 radical (unpaired) electrons. The number of nitrogens with two attached hydrogens (primary N) is 1. The van der Waals surface area contributed by atoms with E-state index in [-0.39, 0.29) is 5.54 Å². The van der Waals surface area contributed by atoms with Crippen LogP contribution in [-0.2, 0) is 0 Å². The summed E-state index contributed by atoms with van der Waals surface area (Å²) >= 11 is 1.17. The molecule has 5 nitrogen and oxygen atoms in total. The first-order chi connectivity index (χ1) is 11.4. The number of pyridine rings is 1. The van der Waals surface area contributed by atoms with Crippen molar-refractivity contribution in [1.29, 1.82) is 5.41 Å². The van der Waals surface area contributed by atoms with Gasteiger partial charge in [0.25, 0.3) is 0 Å². The summed E-state index contributed by atoms with van der Waals surface area (Å²) in [5.74, 6) is 2.32. The number of nitrogens with zero attached hydrogens (tertiary/aromatic N) is 2. The van der Waals surface area contributed by atoms with E-state index in [9.17, 15) is 0 Å². The average molecular weight is 350 g/mol. The molecular weight excluding hydrogens is 318 g/mol. The number of likely N-dealkylation sites (tertiary alicyclic amines) is 1. The Labute approximate surface area is 150 Å². The van der Waals surface area contributed by atoms with Crippen molar-refractivity contribution in [2.75, 3.05) is 11.9 Å². The van der Waals surface area contributed by atoms with Crippen molar-refractivity contribution < 1.29 is 0 Å². The van der Waals surface area contributed by atoms with E-state index in [1.165, 1.54) is 24.8 Å². The third-order valence-corrected chi connectivity index (χ3v) is 5.34. The highest BCUT2D eigenvalue weighted by Crippen LogP contribution is 2.35. The van der Waals surface area contributed by atoms with Gasteiger partial charge in [-0.15, -0.1) is 0 Å². The molecule has 24 heavy (non-hydrogen) atoms. The lowest BCUT2D eigenvalue weighted by molar-refractivity contribution is 0.276. The van der Waals surface area contributed by atoms with Crippen LogP contribution in [0.2, 0.25) is 0 Å². The maximum atomic E-state index is 8.18. The van der Waals surface area contributed by atoms with Crippen LogP contribution in [0.3, 0.4) is 0 Å². The van der Waals surface area contributed by atoms with Crippen LogP contribution in [0, 0.1) is 11.3 Å². The molecule has 1 fully saturated rings. The Morgan fingerprint density at radius 1 is 1.54 bits per heavy atom. The maximum absolute atomic E-state index is 8.18. The van der Waals surface area contributed by atoms with E-state index in [1.54, 1.807) is 0 Å². The Morgan fingerprint density at radius 2 is 2.29 bits per heavy atom. The highest BCUT2D eigenvalue weighted by Gasteiger charge is 2.38. The molecule has 1 aromatic heterocycles. The molecule has 0 bridgehead atoms. The molecule has 0 amide bonds. The van der Waals surface area contributed by atoms with Gasteiger partial charge in [0.05, 0.1) is 5.84 Å². The summed E-state index contributed by atoms with van der Waals surface area (Å²) in [7, 11) is 0. The van der Waals surface area contributed by atoms with Crippen LogP contribution in [0.1, 0.15) is 53.4 Å². The highest BCUT2D eigenvalue weighted by molar-refractivity contribution is 7.97. The first-order valence-corrected chi connectivity index (χ1v) is 9.69. The molecule has 134 valence electrons. The molecule has 0 saturated carbocycles. The predicted molar refractivity (Wildman–Crippen MR) is 104 cm³/mol. The highest BCUT2D eigenvalue weighted by atomic mass is 32.2. The third-order valence-electron chi connectivity index (χ3n) is 4.87. The van der Waals surface area contributed by atoms with Crippen molar-refractivity contribution in [2.45, 2.75) is 70.0 Å². The summed E-state index contributed by atoms with van der Waals surface area (Å²) in [6.07, 6.45) is 4.26. The maximum Gasteiger partial charge on any atom is 0.127 e. The number of hydrogen-bond acceptors (Lipinski definition) is 5. The second-order valence-electron chi connectivity index (χ2n) is 7.40. The number of rotatable bonds is 7. The minimum Gasteiger partial charge on any atom is -0.368 e. The van der Waals surface area contributed by atoms with E-state index in [0.717, 1.165) is 36.1 Å². The summed E-state index contributed by atoms with van der Waals surface area (Å²) < 4.78 is 0. The van der Waals surface area contributed by atoms with Gasteiger partial charge in [-0.25, -0.2) is 4.98 Å². The fourth-order valence-electron chi connectivity index (χ4n) is 3.62. The van der Waals surface area contributed by atoms with E-state index >= 15 is 0 Å². The second kappa shape index (κ2) is 8.21. The molecule has 0 spiro atoms. The van der Waals surface area contributed by atoms with Gasteiger partial charge in [-0.1, -0.05) is 13.0 Å². The monoisotopic (exact) mass is 349 g/mol. The number of amidine groups is 1. The minimum atomic E-state index is 0.114. The lowest BCUT2D eigenvalue weighted by atomic mass is 9.92. The van der Waals surface area contributed by atoms with Crippen LogP contribution in [-0.4, -0.2) is 33.8 Å². The Bertz CT molecular complexity index is 560. The Hall–Kier alpha value is -1.27. The molecule has 1 aliphatic rings. The van der Waals surface area contributed by atoms with Gasteiger partial charge >= 0.3 is 0 Å². The summed E-state index contributed by atoms with van der Waals surface area (Å²) in [6, 6.07) is 6.25. The minimum absolute atomic E-state index is 0.114. The van der Waals surface area contributed by atoms with Gasteiger partial charge in [-0.2, -0.15) is 0 Å². The molecule has 0 aromatic carbocycles. The molecular formula is C18H31N5S. The van der Waals surface area contributed by atoms with E-state index < -0.39 is 0 Å². The predicted octanol–water partition coefficient (Wildman–Crippen LogP) is 4.12. The Balaban J connectivity index is 1.83. The Morgan fingerprint density at radius 3 is 2.96 bits per heavy atom. The molecule has 1 saturated heterocycles. The van der Waals surface area contributed by atoms with Crippen LogP contribution in [0.25, 0.3) is 0 Å². The molecule has 2 rings (SSSR count). The lowest BCUT2D eigenvalue weighted by Gasteiger charge is -2.33. The topological polar surface area (TPSA) is 78.0 Å². The van der Waals surface area contributed by atoms with Crippen molar-refractivity contribution >= 4 is 23.6 Å². The van der Waals surface area contributed by atoms with Gasteiger partial charge in [0.1, 0.15) is 10.8 Å². The molecule has 2 heterocycles. The number of nitrogens with one attached hydrogen (secondary N) is 2. The Kier molecular flexibility index (Phi) is 6.52. The fraction of sp³-hybridized carbons (Fsp3) is 0.667. The molecule has 6 heteroatoms. The van der Waals surface area contributed by atoms with E-state index in [1.807, 2.05) is 18.2 Å². The van der Waals surface area contributed by atoms with Gasteiger partial charge in [-0.05, 0) is 70.0 Å². The van der Waals surface area contributed by atoms with Crippen molar-refractivity contribution in [2.24, 2.45) is 11.1 Å². The van der Waals surface area contributed by atoms with Gasteiger partial charge in [0.15, 0.2) is 0 Å². The largest absolute Gasteiger partial charge is 0.368 e. The molecule has 0 aliphatic carbocycles. The van der Waals surface area contributed by atoms with Crippen molar-refractivity contribution in [3.8, 4) is 0 Å². The van der Waals surface area contributed by atoms with Crippen molar-refractivity contribution in [3.05, 3.63) is 18.2 Å². The standard InChI is InChI=1S/C18H31N5S/c1-5-15(19)23-12-14(11-18(23,3)4)10-9-13(2)21-16-7-6-8-17(22-16)24-20/h6-8,13-14,19H,5,9-12,20H2,1-4H3,(H,21,22). The normalized spacial score (nSPS) is 20.9. The van der Waals surface area contributed by atoms with Crippen LogP contribution >= 0.6 is 11.9 Å². The molecule has 2 atom stereocenters. The zero-order chi connectivity index (χ0) is 17.7. The van der Waals surface area contributed by atoms with E-state index in [2.05, 4.69) is 42.9 Å². The third kappa shape index (κ3) is 4.86. The summed E-state index contributed by atoms with van der Waals surface area (Å²) in [5, 5.41) is 18.0. The van der Waals surface area contributed by atoms with Gasteiger partial charge in [0.2, 0.25) is 0 Å². The van der Waals surface area contributed by atoms with Crippen LogP contribution in [0.5, 0.6) is 0 Å². The summed E-state index contributed by atoms with van der Waals surface area (Å²) in [6.45, 7) is 9.82. The molecule has 1 aromatic rings. The smallest absolute Gasteiger partial charge is 0.127 e. The van der Waals surface area contributed by atoms with Gasteiger partial charge < -0.3 is 10.2 Å². The summed E-state index contributed by atoms with van der Waals surface area (Å²) in [5.41, 5.74) is 0.114. The first-order valence-electron chi connectivity index (χ1n) is 8.81. The average Bonchev–Trinajstić information content (AvgIpc) is 2.87. The van der Waals surface area contributed by atoms with E-state index in [4.69, 9.17) is 10.5 Å². The van der Waals surface area contributed by atoms with Crippen LogP contribution in [0.4, 0.5) is 5.82 Å². The SMILES string of the molecule is CCC(=N)N1CC(CCC(C)Nc2cccc(SN)n2)CC1(C)C. The fourth-order valence-corrected chi connectivity index (χ4v) is 3.93. The molecule has 1 aliphatic heterocycles. The zero-order valence-corrected chi connectivity index (χ0v) is 16.1. The first kappa shape index (κ1) is 19.1. The van der Waals surface area contributed by atoms with Crippen LogP contribution < -0.4 is 10.5 Å². The number of anilines is 1. The second-order valence-corrected chi connectivity index (χ2v) is 8.05. The van der Waals surface area contributed by atoms with E-state index in [0.29, 0.717) is 12.0 Å². The van der Waals surface area contributed by atoms with Crippen molar-refractivity contribution in [1.82, 2.24) is 9.88 Å². The van der Waals surface area contributed by atoms with Crippen LogP contribution in [0.15, 0.2) is 23.2 Å². The summed E-state index contributed by atoms with van der Waals surface area (Å²) in [4.78, 5) is 6.76. The number of aromatic nitrogens is 1.